The van der Waals surface area contributed by atoms with Crippen molar-refractivity contribution in [3.05, 3.63) is 74.8 Å². The van der Waals surface area contributed by atoms with Gasteiger partial charge in [0.2, 0.25) is 0 Å². The highest BCUT2D eigenvalue weighted by Gasteiger charge is 2.18. The van der Waals surface area contributed by atoms with E-state index in [0.29, 0.717) is 22.7 Å². The van der Waals surface area contributed by atoms with E-state index in [1.165, 1.54) is 17.7 Å². The van der Waals surface area contributed by atoms with Crippen molar-refractivity contribution in [3.63, 3.8) is 0 Å². The zero-order valence-corrected chi connectivity index (χ0v) is 16.8. The summed E-state index contributed by atoms with van der Waals surface area (Å²) in [7, 11) is 0. The predicted molar refractivity (Wildman–Crippen MR) is 114 cm³/mol. The number of hydrogen-bond acceptors (Lipinski definition) is 5. The summed E-state index contributed by atoms with van der Waals surface area (Å²) in [6.45, 7) is 4.32. The maximum atomic E-state index is 11.2. The van der Waals surface area contributed by atoms with Crippen LogP contribution in [0.25, 0.3) is 22.4 Å². The van der Waals surface area contributed by atoms with Crippen LogP contribution in [0.1, 0.15) is 25.0 Å². The van der Waals surface area contributed by atoms with Gasteiger partial charge in [0.15, 0.2) is 0 Å². The monoisotopic (exact) mass is 406 g/mol. The number of aromatic nitrogens is 1. The Labute approximate surface area is 173 Å². The van der Waals surface area contributed by atoms with Crippen LogP contribution < -0.4 is 5.73 Å². The minimum Gasteiger partial charge on any atom is -0.383 e. The average molecular weight is 407 g/mol. The fourth-order valence-electron chi connectivity index (χ4n) is 3.16. The number of benzene rings is 2. The molecule has 29 heavy (non-hydrogen) atoms. The number of halogens is 1. The molecule has 7 heteroatoms. The molecular weight excluding hydrogens is 388 g/mol. The van der Waals surface area contributed by atoms with Crippen LogP contribution in [0.3, 0.4) is 0 Å². The lowest BCUT2D eigenvalue weighted by Gasteiger charge is -2.11. The summed E-state index contributed by atoms with van der Waals surface area (Å²) >= 11 is 5.92. The van der Waals surface area contributed by atoms with Gasteiger partial charge in [-0.05, 0) is 35.6 Å². The summed E-state index contributed by atoms with van der Waals surface area (Å²) in [6.07, 6.45) is 0.975. The van der Waals surface area contributed by atoms with E-state index >= 15 is 0 Å². The van der Waals surface area contributed by atoms with Crippen LogP contribution in [0.5, 0.6) is 0 Å². The van der Waals surface area contributed by atoms with E-state index in [9.17, 15) is 15.4 Å². The van der Waals surface area contributed by atoms with Crippen molar-refractivity contribution >= 4 is 23.1 Å². The van der Waals surface area contributed by atoms with Crippen molar-refractivity contribution in [1.29, 1.82) is 5.26 Å². The Morgan fingerprint density at radius 1 is 1.17 bits per heavy atom. The molecule has 0 aliphatic heterocycles. The van der Waals surface area contributed by atoms with E-state index in [1.54, 1.807) is 12.1 Å². The summed E-state index contributed by atoms with van der Waals surface area (Å²) in [5.74, 6) is 0.626. The molecule has 0 fully saturated rings. The lowest BCUT2D eigenvalue weighted by molar-refractivity contribution is -0.384. The van der Waals surface area contributed by atoms with Gasteiger partial charge in [0.1, 0.15) is 22.5 Å². The first-order valence-electron chi connectivity index (χ1n) is 9.04. The Morgan fingerprint density at radius 3 is 2.41 bits per heavy atom. The van der Waals surface area contributed by atoms with E-state index in [4.69, 9.17) is 17.3 Å². The van der Waals surface area contributed by atoms with Crippen LogP contribution in [-0.4, -0.2) is 9.91 Å². The molecule has 0 aliphatic rings. The molecule has 0 spiro atoms. The minimum atomic E-state index is -0.559. The molecule has 0 radical (unpaired) electrons. The molecule has 2 aromatic carbocycles. The Bertz CT molecular complexity index is 1120. The molecule has 0 atom stereocenters. The summed E-state index contributed by atoms with van der Waals surface area (Å²) in [6, 6.07) is 16.2. The number of nitro benzene ring substituents is 1. The van der Waals surface area contributed by atoms with Gasteiger partial charge in [0.05, 0.1) is 10.6 Å². The van der Waals surface area contributed by atoms with Gasteiger partial charge in [0.25, 0.3) is 5.69 Å². The molecule has 0 bridgehead atoms. The van der Waals surface area contributed by atoms with Gasteiger partial charge < -0.3 is 5.73 Å². The first-order chi connectivity index (χ1) is 13.8. The van der Waals surface area contributed by atoms with Crippen LogP contribution in [0.15, 0.2) is 48.5 Å². The van der Waals surface area contributed by atoms with Gasteiger partial charge in [-0.3, -0.25) is 10.1 Å². The van der Waals surface area contributed by atoms with Crippen molar-refractivity contribution in [2.24, 2.45) is 5.92 Å². The molecule has 0 saturated carbocycles. The highest BCUT2D eigenvalue weighted by molar-refractivity contribution is 6.32. The number of nitrogens with zero attached hydrogens (tertiary/aromatic N) is 3. The Kier molecular flexibility index (Phi) is 5.81. The van der Waals surface area contributed by atoms with Crippen molar-refractivity contribution < 1.29 is 4.92 Å². The normalized spacial score (nSPS) is 10.7. The van der Waals surface area contributed by atoms with Crippen LogP contribution in [0, 0.1) is 27.4 Å². The zero-order chi connectivity index (χ0) is 21.1. The highest BCUT2D eigenvalue weighted by atomic mass is 35.5. The third-order valence-corrected chi connectivity index (χ3v) is 4.83. The lowest BCUT2D eigenvalue weighted by Crippen LogP contribution is -2.00. The average Bonchev–Trinajstić information content (AvgIpc) is 2.67. The van der Waals surface area contributed by atoms with Gasteiger partial charge in [-0.2, -0.15) is 5.26 Å². The summed E-state index contributed by atoms with van der Waals surface area (Å²) < 4.78 is 0. The Balaban J connectivity index is 2.12. The lowest BCUT2D eigenvalue weighted by atomic mass is 9.97. The fraction of sp³-hybridized carbons (Fsp3) is 0.182. The molecular formula is C22H19ClN4O2. The molecule has 0 amide bonds. The quantitative estimate of drug-likeness (QED) is 0.436. The second-order valence-electron chi connectivity index (χ2n) is 7.15. The molecule has 1 heterocycles. The first-order valence-corrected chi connectivity index (χ1v) is 9.42. The largest absolute Gasteiger partial charge is 0.383 e. The van der Waals surface area contributed by atoms with Gasteiger partial charge >= 0.3 is 0 Å². The van der Waals surface area contributed by atoms with Crippen LogP contribution >= 0.6 is 11.6 Å². The topological polar surface area (TPSA) is 106 Å². The fourth-order valence-corrected chi connectivity index (χ4v) is 3.35. The number of nitrogen functional groups attached to an aromatic ring is 1. The third kappa shape index (κ3) is 4.36. The second kappa shape index (κ2) is 8.29. The smallest absolute Gasteiger partial charge is 0.288 e. The maximum Gasteiger partial charge on any atom is 0.288 e. The summed E-state index contributed by atoms with van der Waals surface area (Å²) in [5.41, 5.74) is 9.58. The van der Waals surface area contributed by atoms with E-state index in [1.807, 2.05) is 30.3 Å². The van der Waals surface area contributed by atoms with E-state index in [2.05, 4.69) is 18.8 Å². The number of pyridine rings is 1. The molecule has 0 aliphatic carbocycles. The molecule has 2 N–H and O–H groups in total. The maximum absolute atomic E-state index is 11.2. The molecule has 3 rings (SSSR count). The Morgan fingerprint density at radius 2 is 1.83 bits per heavy atom. The molecule has 0 unspecified atom stereocenters. The third-order valence-electron chi connectivity index (χ3n) is 4.51. The highest BCUT2D eigenvalue weighted by Crippen LogP contribution is 2.35. The first kappa shape index (κ1) is 20.3. The standard InChI is InChI=1S/C22H19ClN4O2/c1-13(2)9-14-3-5-15(6-4-14)20-11-17(18(12-24)22(25)26-20)16-7-8-19(23)21(10-16)27(28)29/h3-8,10-11,13H,9H2,1-2H3,(H2,25,26). The zero-order valence-electron chi connectivity index (χ0n) is 16.0. The van der Waals surface area contributed by atoms with Crippen molar-refractivity contribution in [2.45, 2.75) is 20.3 Å². The van der Waals surface area contributed by atoms with Gasteiger partial charge in [-0.25, -0.2) is 4.98 Å². The molecule has 146 valence electrons. The predicted octanol–water partition coefficient (Wildman–Crippen LogP) is 5.63. The summed E-state index contributed by atoms with van der Waals surface area (Å²) in [4.78, 5) is 15.0. The van der Waals surface area contributed by atoms with Crippen LogP contribution in [-0.2, 0) is 6.42 Å². The number of nitriles is 1. The number of anilines is 1. The van der Waals surface area contributed by atoms with Crippen LogP contribution in [0.2, 0.25) is 5.02 Å². The molecule has 6 nitrogen and oxygen atoms in total. The molecule has 3 aromatic rings. The number of rotatable bonds is 5. The van der Waals surface area contributed by atoms with Gasteiger partial charge in [0, 0.05) is 17.2 Å². The van der Waals surface area contributed by atoms with E-state index in [-0.39, 0.29) is 22.1 Å². The van der Waals surface area contributed by atoms with Gasteiger partial charge in [-0.1, -0.05) is 55.8 Å². The van der Waals surface area contributed by atoms with Gasteiger partial charge in [-0.15, -0.1) is 0 Å². The molecule has 0 saturated heterocycles. The second-order valence-corrected chi connectivity index (χ2v) is 7.55. The van der Waals surface area contributed by atoms with E-state index < -0.39 is 4.92 Å². The minimum absolute atomic E-state index is 0.0280. The number of hydrogen-bond donors (Lipinski definition) is 1. The SMILES string of the molecule is CC(C)Cc1ccc(-c2cc(-c3ccc(Cl)c([N+](=O)[O-])c3)c(C#N)c(N)n2)cc1. The van der Waals surface area contributed by atoms with E-state index in [0.717, 1.165) is 12.0 Å². The Hall–Kier alpha value is -3.43. The number of nitro groups is 1. The van der Waals surface area contributed by atoms with Crippen molar-refractivity contribution in [1.82, 2.24) is 4.98 Å². The molecule has 1 aromatic heterocycles. The summed E-state index contributed by atoms with van der Waals surface area (Å²) in [5, 5.41) is 20.8. The van der Waals surface area contributed by atoms with Crippen LogP contribution in [0.4, 0.5) is 11.5 Å². The number of nitrogens with two attached hydrogens (primary N) is 1. The van der Waals surface area contributed by atoms with Crippen molar-refractivity contribution in [3.8, 4) is 28.5 Å². The van der Waals surface area contributed by atoms with Crippen molar-refractivity contribution in [2.75, 3.05) is 5.73 Å².